The van der Waals surface area contributed by atoms with Crippen LogP contribution in [0.4, 0.5) is 0 Å². The Morgan fingerprint density at radius 2 is 1.80 bits per heavy atom. The van der Waals surface area contributed by atoms with Crippen molar-refractivity contribution in [3.05, 3.63) is 34.9 Å². The lowest BCUT2D eigenvalue weighted by Gasteiger charge is -2.14. The largest absolute Gasteiger partial charge is 0.481 e. The van der Waals surface area contributed by atoms with Gasteiger partial charge in [0.05, 0.1) is 6.42 Å². The maximum atomic E-state index is 10.7. The lowest BCUT2D eigenvalue weighted by atomic mass is 9.91. The molecule has 1 aromatic rings. The second kappa shape index (κ2) is 4.96. The minimum atomic E-state index is -0.721. The molecule has 0 aliphatic carbocycles. The minimum Gasteiger partial charge on any atom is -0.481 e. The van der Waals surface area contributed by atoms with Crippen LogP contribution in [0.1, 0.15) is 42.4 Å². The first-order valence-corrected chi connectivity index (χ1v) is 5.33. The predicted octanol–water partition coefficient (Wildman–Crippen LogP) is 3.27. The van der Waals surface area contributed by atoms with E-state index in [2.05, 4.69) is 18.2 Å². The van der Waals surface area contributed by atoms with Crippen molar-refractivity contribution in [3.8, 4) is 0 Å². The first-order valence-electron chi connectivity index (χ1n) is 5.33. The molecule has 0 saturated carbocycles. The van der Waals surface area contributed by atoms with Gasteiger partial charge in [-0.05, 0) is 31.7 Å². The Balaban J connectivity index is 2.95. The van der Waals surface area contributed by atoms with Gasteiger partial charge in [0.15, 0.2) is 0 Å². The molecule has 1 unspecified atom stereocenters. The monoisotopic (exact) mass is 206 g/mol. The second-order valence-electron chi connectivity index (χ2n) is 4.12. The van der Waals surface area contributed by atoms with Crippen LogP contribution in [0.2, 0.25) is 0 Å². The van der Waals surface area contributed by atoms with Gasteiger partial charge in [0.25, 0.3) is 0 Å². The predicted molar refractivity (Wildman–Crippen MR) is 61.2 cm³/mol. The van der Waals surface area contributed by atoms with Crippen LogP contribution < -0.4 is 0 Å². The fourth-order valence-corrected chi connectivity index (χ4v) is 1.95. The first kappa shape index (κ1) is 11.8. The molecule has 2 nitrogen and oxygen atoms in total. The van der Waals surface area contributed by atoms with Gasteiger partial charge in [0.1, 0.15) is 0 Å². The van der Waals surface area contributed by atoms with Gasteiger partial charge in [-0.3, -0.25) is 4.79 Å². The van der Waals surface area contributed by atoms with Gasteiger partial charge >= 0.3 is 5.97 Å². The fraction of sp³-hybridized carbons (Fsp3) is 0.462. The Labute approximate surface area is 90.9 Å². The summed E-state index contributed by atoms with van der Waals surface area (Å²) in [5.41, 5.74) is 3.56. The van der Waals surface area contributed by atoms with E-state index >= 15 is 0 Å². The van der Waals surface area contributed by atoms with Crippen LogP contribution in [0.25, 0.3) is 0 Å². The third-order valence-corrected chi connectivity index (χ3v) is 2.63. The third-order valence-electron chi connectivity index (χ3n) is 2.63. The molecular weight excluding hydrogens is 188 g/mol. The summed E-state index contributed by atoms with van der Waals surface area (Å²) >= 11 is 0. The van der Waals surface area contributed by atoms with Gasteiger partial charge in [0, 0.05) is 0 Å². The van der Waals surface area contributed by atoms with Crippen molar-refractivity contribution in [1.29, 1.82) is 0 Å². The third kappa shape index (κ3) is 3.39. The highest BCUT2D eigenvalue weighted by atomic mass is 16.4. The fourth-order valence-electron chi connectivity index (χ4n) is 1.95. The van der Waals surface area contributed by atoms with Crippen LogP contribution in [0.3, 0.4) is 0 Å². The molecule has 0 heterocycles. The molecule has 0 spiro atoms. The van der Waals surface area contributed by atoms with Gasteiger partial charge in [0.2, 0.25) is 0 Å². The first-order chi connectivity index (χ1) is 7.02. The van der Waals surface area contributed by atoms with Gasteiger partial charge < -0.3 is 5.11 Å². The molecular formula is C13H18O2. The molecule has 2 heteroatoms. The molecule has 82 valence electrons. The van der Waals surface area contributed by atoms with Crippen LogP contribution in [0.5, 0.6) is 0 Å². The molecule has 0 bridgehead atoms. The quantitative estimate of drug-likeness (QED) is 0.820. The lowest BCUT2D eigenvalue weighted by molar-refractivity contribution is -0.137. The molecule has 1 N–H and O–H groups in total. The topological polar surface area (TPSA) is 37.3 Å². The summed E-state index contributed by atoms with van der Waals surface area (Å²) in [5, 5.41) is 8.81. The zero-order valence-corrected chi connectivity index (χ0v) is 9.58. The molecule has 0 radical (unpaired) electrons. The lowest BCUT2D eigenvalue weighted by Crippen LogP contribution is -2.05. The Kier molecular flexibility index (Phi) is 3.89. The average Bonchev–Trinajstić information content (AvgIpc) is 2.12. The molecule has 1 rings (SSSR count). The molecule has 0 aliphatic rings. The smallest absolute Gasteiger partial charge is 0.303 e. The van der Waals surface area contributed by atoms with Crippen molar-refractivity contribution in [2.75, 3.05) is 0 Å². The Hall–Kier alpha value is -1.31. The van der Waals surface area contributed by atoms with Crippen LogP contribution in [-0.2, 0) is 4.79 Å². The summed E-state index contributed by atoms with van der Waals surface area (Å²) < 4.78 is 0. The second-order valence-corrected chi connectivity index (χ2v) is 4.12. The Morgan fingerprint density at radius 1 is 1.27 bits per heavy atom. The van der Waals surface area contributed by atoms with E-state index in [1.165, 1.54) is 11.1 Å². The Morgan fingerprint density at radius 3 is 2.20 bits per heavy atom. The zero-order valence-electron chi connectivity index (χ0n) is 9.58. The molecule has 15 heavy (non-hydrogen) atoms. The Bertz CT molecular complexity index is 335. The summed E-state index contributed by atoms with van der Waals surface area (Å²) in [6.45, 7) is 6.12. The summed E-state index contributed by atoms with van der Waals surface area (Å²) in [4.78, 5) is 10.7. The summed E-state index contributed by atoms with van der Waals surface area (Å²) in [7, 11) is 0. The summed E-state index contributed by atoms with van der Waals surface area (Å²) in [5.74, 6) is -0.581. The maximum absolute atomic E-state index is 10.7. The number of carboxylic acids is 1. The number of hydrogen-bond acceptors (Lipinski definition) is 1. The van der Waals surface area contributed by atoms with Gasteiger partial charge in [-0.1, -0.05) is 36.2 Å². The number of hydrogen-bond donors (Lipinski definition) is 1. The van der Waals surface area contributed by atoms with E-state index in [-0.39, 0.29) is 12.3 Å². The number of carbonyl (C=O) groups is 1. The van der Waals surface area contributed by atoms with Crippen molar-refractivity contribution in [2.45, 2.75) is 39.5 Å². The maximum Gasteiger partial charge on any atom is 0.303 e. The molecule has 0 amide bonds. The SMILES string of the molecule is CCC(CC(=O)O)c1cc(C)cc(C)c1. The zero-order chi connectivity index (χ0) is 11.4. The molecule has 0 fully saturated rings. The van der Waals surface area contributed by atoms with Crippen molar-refractivity contribution in [1.82, 2.24) is 0 Å². The number of aliphatic carboxylic acids is 1. The van der Waals surface area contributed by atoms with Crippen molar-refractivity contribution < 1.29 is 9.90 Å². The van der Waals surface area contributed by atoms with Gasteiger partial charge in [-0.15, -0.1) is 0 Å². The molecule has 1 aromatic carbocycles. The summed E-state index contributed by atoms with van der Waals surface area (Å²) in [6.07, 6.45) is 1.09. The molecule has 0 aliphatic heterocycles. The van der Waals surface area contributed by atoms with Crippen LogP contribution in [0.15, 0.2) is 18.2 Å². The van der Waals surface area contributed by atoms with E-state index in [0.717, 1.165) is 12.0 Å². The van der Waals surface area contributed by atoms with Crippen molar-refractivity contribution >= 4 is 5.97 Å². The number of carboxylic acid groups (broad SMARTS) is 1. The summed E-state index contributed by atoms with van der Waals surface area (Å²) in [6, 6.07) is 6.28. The number of rotatable bonds is 4. The van der Waals surface area contributed by atoms with E-state index in [1.54, 1.807) is 0 Å². The van der Waals surface area contributed by atoms with E-state index in [0.29, 0.717) is 0 Å². The molecule has 0 aromatic heterocycles. The number of benzene rings is 1. The highest BCUT2D eigenvalue weighted by Gasteiger charge is 2.13. The van der Waals surface area contributed by atoms with Gasteiger partial charge in [-0.2, -0.15) is 0 Å². The van der Waals surface area contributed by atoms with Crippen LogP contribution >= 0.6 is 0 Å². The van der Waals surface area contributed by atoms with Crippen LogP contribution in [-0.4, -0.2) is 11.1 Å². The molecule has 0 saturated heterocycles. The van der Waals surface area contributed by atoms with E-state index in [1.807, 2.05) is 20.8 Å². The van der Waals surface area contributed by atoms with E-state index in [9.17, 15) is 4.79 Å². The van der Waals surface area contributed by atoms with E-state index < -0.39 is 5.97 Å². The average molecular weight is 206 g/mol. The normalized spacial score (nSPS) is 12.5. The van der Waals surface area contributed by atoms with Crippen molar-refractivity contribution in [3.63, 3.8) is 0 Å². The molecule has 1 atom stereocenters. The van der Waals surface area contributed by atoms with Gasteiger partial charge in [-0.25, -0.2) is 0 Å². The highest BCUT2D eigenvalue weighted by molar-refractivity contribution is 5.68. The van der Waals surface area contributed by atoms with Crippen LogP contribution in [0, 0.1) is 13.8 Å². The minimum absolute atomic E-state index is 0.140. The van der Waals surface area contributed by atoms with Crippen molar-refractivity contribution in [2.24, 2.45) is 0 Å². The number of aryl methyl sites for hydroxylation is 2. The standard InChI is InChI=1S/C13H18O2/c1-4-11(8-13(14)15)12-6-9(2)5-10(3)7-12/h5-7,11H,4,8H2,1-3H3,(H,14,15). The highest BCUT2D eigenvalue weighted by Crippen LogP contribution is 2.25. The van der Waals surface area contributed by atoms with E-state index in [4.69, 9.17) is 5.11 Å².